The topological polar surface area (TPSA) is 75.4 Å². The van der Waals surface area contributed by atoms with Crippen LogP contribution in [0.4, 0.5) is 0 Å². The minimum Gasteiger partial charge on any atom is -0.481 e. The first-order valence-electron chi connectivity index (χ1n) is 7.22. The summed E-state index contributed by atoms with van der Waals surface area (Å²) in [6.07, 6.45) is 3.65. The van der Waals surface area contributed by atoms with Crippen LogP contribution in [0.15, 0.2) is 41.1 Å². The zero-order chi connectivity index (χ0) is 16.6. The van der Waals surface area contributed by atoms with E-state index in [0.717, 1.165) is 10.2 Å². The number of nitrogens with zero attached hydrogens (tertiary/aromatic N) is 3. The number of hydrogen-bond acceptors (Lipinski definition) is 3. The Morgan fingerprint density at radius 1 is 1.30 bits per heavy atom. The molecule has 0 radical (unpaired) electrons. The summed E-state index contributed by atoms with van der Waals surface area (Å²) in [6, 6.07) is 7.58. The highest BCUT2D eigenvalue weighted by molar-refractivity contribution is 9.10. The van der Waals surface area contributed by atoms with Gasteiger partial charge in [-0.05, 0) is 37.6 Å². The largest absolute Gasteiger partial charge is 0.481 e. The van der Waals surface area contributed by atoms with Crippen molar-refractivity contribution in [1.82, 2.24) is 14.7 Å². The van der Waals surface area contributed by atoms with E-state index in [4.69, 9.17) is 0 Å². The van der Waals surface area contributed by atoms with Crippen LogP contribution in [-0.4, -0.2) is 44.8 Å². The number of carbonyl (C=O) groups excluding carboxylic acids is 1. The van der Waals surface area contributed by atoms with Gasteiger partial charge in [0.15, 0.2) is 0 Å². The van der Waals surface area contributed by atoms with Crippen LogP contribution in [-0.2, 0) is 4.79 Å². The molecule has 1 aliphatic rings. The van der Waals surface area contributed by atoms with Gasteiger partial charge in [-0.25, -0.2) is 4.68 Å². The molecule has 0 saturated carbocycles. The summed E-state index contributed by atoms with van der Waals surface area (Å²) in [5, 5.41) is 13.5. The van der Waals surface area contributed by atoms with E-state index in [1.165, 1.54) is 6.20 Å². The van der Waals surface area contributed by atoms with Crippen LogP contribution >= 0.6 is 15.9 Å². The summed E-state index contributed by atoms with van der Waals surface area (Å²) in [5.41, 5.74) is 0.448. The molecule has 1 N–H and O–H groups in total. The zero-order valence-electron chi connectivity index (χ0n) is 12.6. The van der Waals surface area contributed by atoms with Gasteiger partial charge in [-0.1, -0.05) is 15.9 Å². The predicted octanol–water partition coefficient (Wildman–Crippen LogP) is 2.57. The number of aromatic nitrogens is 2. The molecule has 2 heterocycles. The Hall–Kier alpha value is -2.15. The molecule has 0 aliphatic carbocycles. The maximum atomic E-state index is 12.5. The van der Waals surface area contributed by atoms with Crippen molar-refractivity contribution in [3.8, 4) is 5.69 Å². The second kappa shape index (κ2) is 5.81. The van der Waals surface area contributed by atoms with E-state index in [-0.39, 0.29) is 12.5 Å². The maximum absolute atomic E-state index is 12.5. The van der Waals surface area contributed by atoms with E-state index in [2.05, 4.69) is 21.0 Å². The van der Waals surface area contributed by atoms with Crippen LogP contribution < -0.4 is 0 Å². The third kappa shape index (κ3) is 3.01. The molecule has 1 saturated heterocycles. The highest BCUT2D eigenvalue weighted by Gasteiger charge is 2.42. The predicted molar refractivity (Wildman–Crippen MR) is 87.5 cm³/mol. The SMILES string of the molecule is C[C@@]1(C(=O)O)CCN(C(=O)c2cnn(-c3ccc(Br)cc3)c2)C1. The van der Waals surface area contributed by atoms with E-state index in [9.17, 15) is 14.7 Å². The molecule has 1 amide bonds. The molecule has 1 aromatic carbocycles. The Morgan fingerprint density at radius 3 is 2.61 bits per heavy atom. The normalized spacial score (nSPS) is 20.7. The Bertz CT molecular complexity index is 756. The molecule has 0 spiro atoms. The number of rotatable bonds is 3. The van der Waals surface area contributed by atoms with E-state index in [1.54, 1.807) is 22.7 Å². The van der Waals surface area contributed by atoms with Gasteiger partial charge in [0.25, 0.3) is 5.91 Å². The summed E-state index contributed by atoms with van der Waals surface area (Å²) in [7, 11) is 0. The summed E-state index contributed by atoms with van der Waals surface area (Å²) >= 11 is 3.37. The fraction of sp³-hybridized carbons (Fsp3) is 0.312. The molecule has 6 nitrogen and oxygen atoms in total. The van der Waals surface area contributed by atoms with Crippen LogP contribution in [0.1, 0.15) is 23.7 Å². The highest BCUT2D eigenvalue weighted by Crippen LogP contribution is 2.31. The maximum Gasteiger partial charge on any atom is 0.311 e. The molecule has 1 fully saturated rings. The first-order valence-corrected chi connectivity index (χ1v) is 8.02. The molecule has 0 bridgehead atoms. The van der Waals surface area contributed by atoms with E-state index < -0.39 is 11.4 Å². The van der Waals surface area contributed by atoms with Gasteiger partial charge >= 0.3 is 5.97 Å². The number of carbonyl (C=O) groups is 2. The van der Waals surface area contributed by atoms with Crippen molar-refractivity contribution in [2.45, 2.75) is 13.3 Å². The summed E-state index contributed by atoms with van der Waals surface area (Å²) in [6.45, 7) is 2.35. The van der Waals surface area contributed by atoms with Gasteiger partial charge in [0.2, 0.25) is 0 Å². The monoisotopic (exact) mass is 377 g/mol. The number of aliphatic carboxylic acids is 1. The lowest BCUT2D eigenvalue weighted by molar-refractivity contribution is -0.147. The Morgan fingerprint density at radius 2 is 2.00 bits per heavy atom. The third-order valence-electron chi connectivity index (χ3n) is 4.20. The van der Waals surface area contributed by atoms with Crippen molar-refractivity contribution in [2.75, 3.05) is 13.1 Å². The Kier molecular flexibility index (Phi) is 3.97. The standard InChI is InChI=1S/C16H16BrN3O3/c1-16(15(22)23)6-7-19(10-16)14(21)11-8-18-20(9-11)13-4-2-12(17)3-5-13/h2-5,8-9H,6-7,10H2,1H3,(H,22,23)/t16-/m1/s1. The highest BCUT2D eigenvalue weighted by atomic mass is 79.9. The minimum atomic E-state index is -0.864. The van der Waals surface area contributed by atoms with Gasteiger partial charge in [0.1, 0.15) is 0 Å². The first kappa shape index (κ1) is 15.7. The smallest absolute Gasteiger partial charge is 0.311 e. The number of hydrogen-bond donors (Lipinski definition) is 1. The van der Waals surface area contributed by atoms with Gasteiger partial charge in [0, 0.05) is 23.8 Å². The molecule has 0 unspecified atom stereocenters. The van der Waals surface area contributed by atoms with Crippen LogP contribution in [0.3, 0.4) is 0 Å². The molecule has 2 aromatic rings. The minimum absolute atomic E-state index is 0.182. The lowest BCUT2D eigenvalue weighted by Crippen LogP contribution is -2.34. The number of benzene rings is 1. The van der Waals surface area contributed by atoms with Crippen molar-refractivity contribution in [3.63, 3.8) is 0 Å². The van der Waals surface area contributed by atoms with Crippen LogP contribution in [0, 0.1) is 5.41 Å². The van der Waals surface area contributed by atoms with E-state index in [0.29, 0.717) is 18.5 Å². The lowest BCUT2D eigenvalue weighted by atomic mass is 9.90. The van der Waals surface area contributed by atoms with Crippen molar-refractivity contribution < 1.29 is 14.7 Å². The van der Waals surface area contributed by atoms with E-state index in [1.807, 2.05) is 24.3 Å². The quantitative estimate of drug-likeness (QED) is 0.891. The van der Waals surface area contributed by atoms with Gasteiger partial charge in [-0.3, -0.25) is 9.59 Å². The second-order valence-electron chi connectivity index (χ2n) is 5.99. The zero-order valence-corrected chi connectivity index (χ0v) is 14.2. The summed E-state index contributed by atoms with van der Waals surface area (Å²) in [4.78, 5) is 25.4. The second-order valence-corrected chi connectivity index (χ2v) is 6.91. The van der Waals surface area contributed by atoms with Crippen molar-refractivity contribution in [1.29, 1.82) is 0 Å². The van der Waals surface area contributed by atoms with Gasteiger partial charge in [-0.2, -0.15) is 5.10 Å². The fourth-order valence-electron chi connectivity index (χ4n) is 2.66. The van der Waals surface area contributed by atoms with Crippen LogP contribution in [0.2, 0.25) is 0 Å². The van der Waals surface area contributed by atoms with E-state index >= 15 is 0 Å². The van der Waals surface area contributed by atoms with Crippen LogP contribution in [0.5, 0.6) is 0 Å². The Balaban J connectivity index is 1.77. The summed E-state index contributed by atoms with van der Waals surface area (Å²) in [5.74, 6) is -1.04. The number of carboxylic acids is 1. The van der Waals surface area contributed by atoms with Crippen molar-refractivity contribution >= 4 is 27.8 Å². The average Bonchev–Trinajstić information content (AvgIpc) is 3.15. The molecule has 3 rings (SSSR count). The number of likely N-dealkylation sites (tertiary alicyclic amines) is 1. The molecule has 7 heteroatoms. The number of halogens is 1. The average molecular weight is 378 g/mol. The van der Waals surface area contributed by atoms with Gasteiger partial charge < -0.3 is 10.0 Å². The number of carboxylic acid groups (broad SMARTS) is 1. The number of amides is 1. The molecule has 1 atom stereocenters. The van der Waals surface area contributed by atoms with Crippen LogP contribution in [0.25, 0.3) is 5.69 Å². The molecular weight excluding hydrogens is 362 g/mol. The molecule has 1 aliphatic heterocycles. The first-order chi connectivity index (χ1) is 10.9. The Labute approximate surface area is 141 Å². The molecule has 1 aromatic heterocycles. The van der Waals surface area contributed by atoms with Gasteiger partial charge in [0.05, 0.1) is 22.9 Å². The van der Waals surface area contributed by atoms with Crippen molar-refractivity contribution in [2.24, 2.45) is 5.41 Å². The lowest BCUT2D eigenvalue weighted by Gasteiger charge is -2.19. The molecule has 23 heavy (non-hydrogen) atoms. The molecular formula is C16H16BrN3O3. The fourth-order valence-corrected chi connectivity index (χ4v) is 2.92. The third-order valence-corrected chi connectivity index (χ3v) is 4.73. The van der Waals surface area contributed by atoms with Crippen molar-refractivity contribution in [3.05, 3.63) is 46.7 Å². The van der Waals surface area contributed by atoms with Gasteiger partial charge in [-0.15, -0.1) is 0 Å². The molecule has 120 valence electrons. The summed E-state index contributed by atoms with van der Waals surface area (Å²) < 4.78 is 2.60.